The van der Waals surface area contributed by atoms with Crippen molar-refractivity contribution in [1.82, 2.24) is 5.01 Å². The number of rotatable bonds is 6. The number of nitrogens with zero attached hydrogens (tertiary/aromatic N) is 2. The first-order valence-corrected chi connectivity index (χ1v) is 11.3. The van der Waals surface area contributed by atoms with E-state index in [0.29, 0.717) is 36.5 Å². The first-order chi connectivity index (χ1) is 14.0. The lowest BCUT2D eigenvalue weighted by atomic mass is 9.63. The average molecular weight is 506 g/mol. The van der Waals surface area contributed by atoms with Crippen molar-refractivity contribution in [2.75, 3.05) is 13.2 Å². The van der Waals surface area contributed by atoms with Crippen LogP contribution >= 0.6 is 22.6 Å². The van der Waals surface area contributed by atoms with Crippen molar-refractivity contribution >= 4 is 40.6 Å². The molecule has 1 saturated heterocycles. The van der Waals surface area contributed by atoms with E-state index < -0.39 is 0 Å². The van der Waals surface area contributed by atoms with Gasteiger partial charge in [0.15, 0.2) is 11.5 Å². The van der Waals surface area contributed by atoms with Crippen LogP contribution in [0.2, 0.25) is 0 Å². The van der Waals surface area contributed by atoms with Crippen LogP contribution in [0.3, 0.4) is 0 Å². The standard InChI is InChI=1S/C22H23IN2O4/c1-3-28-17-8-11(7-16(23)20(17)29-4-2)10-24-25-21(26)18-12-5-6-13(15-9-14(12)15)19(18)22(25)27/h5-8,10,12-15,18-19H,3-4,9H2,1-2H3/b24-10-/t12-,13-,14-,15-,18+,19+/m0/s1. The minimum Gasteiger partial charge on any atom is -0.490 e. The molecule has 7 heteroatoms. The van der Waals surface area contributed by atoms with Crippen LogP contribution in [0.4, 0.5) is 0 Å². The molecule has 0 unspecified atom stereocenters. The highest BCUT2D eigenvalue weighted by Gasteiger charge is 2.67. The fourth-order valence-corrected chi connectivity index (χ4v) is 6.17. The summed E-state index contributed by atoms with van der Waals surface area (Å²) in [6.07, 6.45) is 7.07. The van der Waals surface area contributed by atoms with Crippen molar-refractivity contribution in [3.8, 4) is 11.5 Å². The molecule has 3 fully saturated rings. The summed E-state index contributed by atoms with van der Waals surface area (Å²) >= 11 is 2.20. The maximum atomic E-state index is 13.0. The van der Waals surface area contributed by atoms with Gasteiger partial charge in [0.1, 0.15) is 0 Å². The maximum Gasteiger partial charge on any atom is 0.254 e. The Morgan fingerprint density at radius 1 is 1.07 bits per heavy atom. The van der Waals surface area contributed by atoms with Gasteiger partial charge in [0.2, 0.25) is 0 Å². The Bertz CT molecular complexity index is 907. The second kappa shape index (κ2) is 7.11. The molecule has 0 spiro atoms. The van der Waals surface area contributed by atoms with Crippen molar-refractivity contribution in [2.24, 2.45) is 40.6 Å². The molecule has 0 radical (unpaired) electrons. The van der Waals surface area contributed by atoms with Gasteiger partial charge in [-0.15, -0.1) is 0 Å². The molecule has 5 aliphatic rings. The van der Waals surface area contributed by atoms with E-state index in [-0.39, 0.29) is 35.5 Å². The van der Waals surface area contributed by atoms with Crippen molar-refractivity contribution in [3.05, 3.63) is 33.4 Å². The number of allylic oxidation sites excluding steroid dienone is 2. The van der Waals surface area contributed by atoms with E-state index in [1.807, 2.05) is 26.0 Å². The number of ether oxygens (including phenoxy) is 2. The molecule has 1 aromatic rings. The Balaban J connectivity index is 1.41. The van der Waals surface area contributed by atoms with Gasteiger partial charge in [0.25, 0.3) is 11.8 Å². The highest BCUT2D eigenvalue weighted by molar-refractivity contribution is 14.1. The zero-order valence-electron chi connectivity index (χ0n) is 16.4. The number of carbonyl (C=O) groups excluding carboxylic acids is 2. The van der Waals surface area contributed by atoms with E-state index in [1.54, 1.807) is 6.21 Å². The zero-order chi connectivity index (χ0) is 20.3. The third kappa shape index (κ3) is 2.92. The molecule has 2 bridgehead atoms. The van der Waals surface area contributed by atoms with Gasteiger partial charge in [0, 0.05) is 0 Å². The minimum atomic E-state index is -0.224. The van der Waals surface area contributed by atoms with Gasteiger partial charge in [-0.1, -0.05) is 12.2 Å². The second-order valence-corrected chi connectivity index (χ2v) is 9.25. The molecule has 6 nitrogen and oxygen atoms in total. The largest absolute Gasteiger partial charge is 0.490 e. The van der Waals surface area contributed by atoms with Gasteiger partial charge in [0.05, 0.1) is 34.8 Å². The number of carbonyl (C=O) groups is 2. The molecular formula is C22H23IN2O4. The molecule has 1 heterocycles. The maximum absolute atomic E-state index is 13.0. The Hall–Kier alpha value is -1.90. The Morgan fingerprint density at radius 3 is 2.28 bits per heavy atom. The number of hydrogen-bond acceptors (Lipinski definition) is 5. The molecule has 1 aliphatic heterocycles. The molecule has 29 heavy (non-hydrogen) atoms. The van der Waals surface area contributed by atoms with Crippen molar-refractivity contribution in [1.29, 1.82) is 0 Å². The predicted octanol–water partition coefficient (Wildman–Crippen LogP) is 3.48. The van der Waals surface area contributed by atoms with Crippen LogP contribution in [0.25, 0.3) is 0 Å². The SMILES string of the molecule is CCOc1cc(/C=N\N2C(=O)[C@@H]3[C@H]4C=C[C@@H]([C@@H]5C[C@@H]45)[C@H]3C2=O)cc(I)c1OCC. The van der Waals surface area contributed by atoms with Gasteiger partial charge in [-0.2, -0.15) is 10.1 Å². The average Bonchev–Trinajstić information content (AvgIpc) is 3.48. The molecule has 0 aromatic heterocycles. The number of benzene rings is 1. The number of halogens is 1. The predicted molar refractivity (Wildman–Crippen MR) is 116 cm³/mol. The van der Waals surface area contributed by atoms with Gasteiger partial charge < -0.3 is 9.47 Å². The number of hydrogen-bond donors (Lipinski definition) is 0. The van der Waals surface area contributed by atoms with Gasteiger partial charge in [-0.05, 0) is 84.2 Å². The number of imide groups is 1. The monoisotopic (exact) mass is 506 g/mol. The third-order valence-corrected chi connectivity index (χ3v) is 7.38. The van der Waals surface area contributed by atoms with Gasteiger partial charge in [-0.25, -0.2) is 0 Å². The van der Waals surface area contributed by atoms with Crippen LogP contribution in [-0.2, 0) is 9.59 Å². The lowest BCUT2D eigenvalue weighted by Gasteiger charge is -2.37. The van der Waals surface area contributed by atoms with Crippen LogP contribution in [0.1, 0.15) is 25.8 Å². The van der Waals surface area contributed by atoms with Crippen LogP contribution in [0, 0.1) is 39.1 Å². The molecule has 2 amide bonds. The summed E-state index contributed by atoms with van der Waals surface area (Å²) < 4.78 is 12.3. The third-order valence-electron chi connectivity index (χ3n) is 6.58. The molecular weight excluding hydrogens is 483 g/mol. The van der Waals surface area contributed by atoms with E-state index in [9.17, 15) is 9.59 Å². The van der Waals surface area contributed by atoms with E-state index in [0.717, 1.165) is 20.6 Å². The lowest BCUT2D eigenvalue weighted by molar-refractivity contribution is -0.140. The molecule has 152 valence electrons. The summed E-state index contributed by atoms with van der Waals surface area (Å²) in [7, 11) is 0. The summed E-state index contributed by atoms with van der Waals surface area (Å²) in [6.45, 7) is 4.90. The van der Waals surface area contributed by atoms with E-state index in [2.05, 4.69) is 39.8 Å². The van der Waals surface area contributed by atoms with Crippen LogP contribution in [0.5, 0.6) is 11.5 Å². The minimum absolute atomic E-state index is 0.147. The molecule has 4 aliphatic carbocycles. The smallest absolute Gasteiger partial charge is 0.254 e. The molecule has 2 saturated carbocycles. The number of hydrazone groups is 1. The van der Waals surface area contributed by atoms with Gasteiger partial charge >= 0.3 is 0 Å². The molecule has 6 rings (SSSR count). The normalized spacial score (nSPS) is 34.0. The molecule has 1 aromatic carbocycles. The summed E-state index contributed by atoms with van der Waals surface area (Å²) in [6, 6.07) is 3.74. The van der Waals surface area contributed by atoms with E-state index >= 15 is 0 Å². The van der Waals surface area contributed by atoms with Crippen molar-refractivity contribution < 1.29 is 19.1 Å². The first-order valence-electron chi connectivity index (χ1n) is 10.2. The summed E-state index contributed by atoms with van der Waals surface area (Å²) in [5.74, 6) is 2.20. The highest BCUT2D eigenvalue weighted by Crippen LogP contribution is 2.65. The highest BCUT2D eigenvalue weighted by atomic mass is 127. The van der Waals surface area contributed by atoms with Crippen molar-refractivity contribution in [3.63, 3.8) is 0 Å². The second-order valence-electron chi connectivity index (χ2n) is 8.08. The molecule has 0 N–H and O–H groups in total. The van der Waals surface area contributed by atoms with Crippen LogP contribution < -0.4 is 9.47 Å². The number of amides is 2. The topological polar surface area (TPSA) is 68.2 Å². The summed E-state index contributed by atoms with van der Waals surface area (Å²) in [5, 5.41) is 5.42. The van der Waals surface area contributed by atoms with Crippen molar-refractivity contribution in [2.45, 2.75) is 20.3 Å². The van der Waals surface area contributed by atoms with Gasteiger partial charge in [-0.3, -0.25) is 9.59 Å². The van der Waals surface area contributed by atoms with Crippen LogP contribution in [0.15, 0.2) is 29.4 Å². The Labute approximate surface area is 183 Å². The van der Waals surface area contributed by atoms with E-state index in [4.69, 9.17) is 9.47 Å². The molecule has 6 atom stereocenters. The first kappa shape index (κ1) is 19.1. The fourth-order valence-electron chi connectivity index (χ4n) is 5.39. The summed E-state index contributed by atoms with van der Waals surface area (Å²) in [5.41, 5.74) is 0.765. The quantitative estimate of drug-likeness (QED) is 0.257. The fraction of sp³-hybridized carbons (Fsp3) is 0.500. The Kier molecular flexibility index (Phi) is 4.68. The zero-order valence-corrected chi connectivity index (χ0v) is 18.5. The Morgan fingerprint density at radius 2 is 1.69 bits per heavy atom. The lowest BCUT2D eigenvalue weighted by Crippen LogP contribution is -2.40. The van der Waals surface area contributed by atoms with E-state index in [1.165, 1.54) is 0 Å². The van der Waals surface area contributed by atoms with Crippen LogP contribution in [-0.4, -0.2) is 36.3 Å². The summed E-state index contributed by atoms with van der Waals surface area (Å²) in [4.78, 5) is 26.0.